The number of piperidine rings is 3. The molecule has 1 N–H and O–H groups in total. The van der Waals surface area contributed by atoms with Crippen molar-refractivity contribution < 1.29 is 5.11 Å². The minimum absolute atomic E-state index is 0.232. The summed E-state index contributed by atoms with van der Waals surface area (Å²) in [6, 6.07) is 10.3. The highest BCUT2D eigenvalue weighted by Gasteiger charge is 2.43. The molecule has 0 spiro atoms. The van der Waals surface area contributed by atoms with Gasteiger partial charge in [-0.25, -0.2) is 0 Å². The Bertz CT molecular complexity index is 751. The van der Waals surface area contributed by atoms with Crippen molar-refractivity contribution in [2.75, 3.05) is 13.1 Å². The number of aliphatic hydroxyl groups excluding tert-OH is 1. The molecule has 0 amide bonds. The summed E-state index contributed by atoms with van der Waals surface area (Å²) in [6.07, 6.45) is 4.86. The highest BCUT2D eigenvalue weighted by Crippen LogP contribution is 2.43. The molecule has 1 aromatic heterocycles. The van der Waals surface area contributed by atoms with Gasteiger partial charge >= 0.3 is 0 Å². The summed E-state index contributed by atoms with van der Waals surface area (Å²) < 4.78 is 0. The Morgan fingerprint density at radius 1 is 1.38 bits per heavy atom. The molecule has 3 saturated heterocycles. The molecule has 4 unspecified atom stereocenters. The van der Waals surface area contributed by atoms with E-state index in [1.54, 1.807) is 0 Å². The van der Waals surface area contributed by atoms with Crippen LogP contribution >= 0.6 is 0 Å². The summed E-state index contributed by atoms with van der Waals surface area (Å²) >= 11 is 0. The lowest BCUT2D eigenvalue weighted by molar-refractivity contribution is -0.0552. The zero-order chi connectivity index (χ0) is 16.7. The predicted molar refractivity (Wildman–Crippen MR) is 97.7 cm³/mol. The average Bonchev–Trinajstić information content (AvgIpc) is 2.60. The Labute approximate surface area is 144 Å². The number of rotatable bonds is 4. The molecule has 3 nitrogen and oxygen atoms in total. The van der Waals surface area contributed by atoms with Crippen LogP contribution in [0.5, 0.6) is 0 Å². The molecule has 3 heteroatoms. The summed E-state index contributed by atoms with van der Waals surface area (Å²) in [7, 11) is 0. The van der Waals surface area contributed by atoms with Gasteiger partial charge in [0.1, 0.15) is 0 Å². The Hall–Kier alpha value is -1.71. The lowest BCUT2D eigenvalue weighted by Crippen LogP contribution is -2.55. The van der Waals surface area contributed by atoms with Gasteiger partial charge in [0, 0.05) is 24.2 Å². The Kier molecular flexibility index (Phi) is 4.15. The van der Waals surface area contributed by atoms with E-state index in [1.165, 1.54) is 12.0 Å². The first-order valence-corrected chi connectivity index (χ1v) is 9.03. The summed E-state index contributed by atoms with van der Waals surface area (Å²) in [5.74, 6) is 1.44. The predicted octanol–water partition coefficient (Wildman–Crippen LogP) is 3.94. The molecule has 0 aliphatic carbocycles. The zero-order valence-electron chi connectivity index (χ0n) is 14.4. The lowest BCUT2D eigenvalue weighted by atomic mass is 9.71. The number of hydrogen-bond donors (Lipinski definition) is 1. The van der Waals surface area contributed by atoms with Crippen LogP contribution in [0.4, 0.5) is 0 Å². The molecule has 3 aliphatic rings. The molecule has 3 aliphatic heterocycles. The molecule has 1 aromatic carbocycles. The molecule has 0 radical (unpaired) electrons. The van der Waals surface area contributed by atoms with E-state index in [1.807, 2.05) is 30.5 Å². The zero-order valence-corrected chi connectivity index (χ0v) is 14.4. The van der Waals surface area contributed by atoms with Crippen molar-refractivity contribution in [2.45, 2.75) is 38.3 Å². The van der Waals surface area contributed by atoms with Crippen molar-refractivity contribution in [3.8, 4) is 0 Å². The van der Waals surface area contributed by atoms with Crippen LogP contribution in [-0.2, 0) is 0 Å². The van der Waals surface area contributed by atoms with Gasteiger partial charge in [0.25, 0.3) is 0 Å². The van der Waals surface area contributed by atoms with Crippen LogP contribution in [0.1, 0.15) is 37.9 Å². The third kappa shape index (κ3) is 2.76. The molecule has 126 valence electrons. The van der Waals surface area contributed by atoms with Gasteiger partial charge in [-0.1, -0.05) is 23.8 Å². The fraction of sp³-hybridized carbons (Fsp3) is 0.476. The van der Waals surface area contributed by atoms with Crippen molar-refractivity contribution in [1.29, 1.82) is 0 Å². The number of aromatic nitrogens is 1. The third-order valence-corrected chi connectivity index (χ3v) is 5.91. The van der Waals surface area contributed by atoms with Gasteiger partial charge in [-0.15, -0.1) is 6.58 Å². The van der Waals surface area contributed by atoms with Gasteiger partial charge in [-0.05, 0) is 62.3 Å². The van der Waals surface area contributed by atoms with Gasteiger partial charge in [0.05, 0.1) is 11.6 Å². The lowest BCUT2D eigenvalue weighted by Gasteiger charge is -2.51. The monoisotopic (exact) mass is 322 g/mol. The van der Waals surface area contributed by atoms with Crippen molar-refractivity contribution in [2.24, 2.45) is 11.8 Å². The van der Waals surface area contributed by atoms with E-state index in [4.69, 9.17) is 0 Å². The second-order valence-corrected chi connectivity index (χ2v) is 7.63. The van der Waals surface area contributed by atoms with Crippen LogP contribution in [0.25, 0.3) is 10.9 Å². The molecule has 2 aromatic rings. The Morgan fingerprint density at radius 3 is 2.96 bits per heavy atom. The van der Waals surface area contributed by atoms with Crippen LogP contribution in [0.15, 0.2) is 48.7 Å². The quantitative estimate of drug-likeness (QED) is 0.866. The van der Waals surface area contributed by atoms with Crippen LogP contribution in [-0.4, -0.2) is 34.1 Å². The summed E-state index contributed by atoms with van der Waals surface area (Å²) in [4.78, 5) is 6.94. The van der Waals surface area contributed by atoms with E-state index in [0.717, 1.165) is 48.3 Å². The minimum atomic E-state index is -0.438. The van der Waals surface area contributed by atoms with Crippen LogP contribution < -0.4 is 0 Å². The fourth-order valence-corrected chi connectivity index (χ4v) is 4.77. The maximum absolute atomic E-state index is 11.1. The highest BCUT2D eigenvalue weighted by molar-refractivity contribution is 5.82. The number of nitrogens with zero attached hydrogens (tertiary/aromatic N) is 2. The molecule has 5 rings (SSSR count). The molecule has 4 heterocycles. The van der Waals surface area contributed by atoms with Crippen molar-refractivity contribution in [3.63, 3.8) is 0 Å². The number of pyridine rings is 1. The van der Waals surface area contributed by atoms with E-state index in [0.29, 0.717) is 5.92 Å². The first-order chi connectivity index (χ1) is 11.6. The second-order valence-electron chi connectivity index (χ2n) is 7.63. The van der Waals surface area contributed by atoms with E-state index in [2.05, 4.69) is 29.5 Å². The summed E-state index contributed by atoms with van der Waals surface area (Å²) in [6.45, 7) is 8.44. The van der Waals surface area contributed by atoms with Crippen LogP contribution in [0.3, 0.4) is 0 Å². The first kappa shape index (κ1) is 15.8. The van der Waals surface area contributed by atoms with E-state index < -0.39 is 6.10 Å². The number of fused-ring (bicyclic) bond motifs is 4. The number of allylic oxidation sites excluding steroid dienone is 1. The largest absolute Gasteiger partial charge is 0.387 e. The van der Waals surface area contributed by atoms with E-state index >= 15 is 0 Å². The maximum Gasteiger partial charge on any atom is 0.0952 e. The molecular formula is C21H26N2O. The SMILES string of the molecule is C=C(C)CC1CN2CCC1CC2[C@H](O)c1ccnc2ccccc12. The van der Waals surface area contributed by atoms with Crippen LogP contribution in [0, 0.1) is 11.8 Å². The van der Waals surface area contributed by atoms with Gasteiger partial charge < -0.3 is 5.11 Å². The molecule has 2 bridgehead atoms. The van der Waals surface area contributed by atoms with Crippen molar-refractivity contribution in [1.82, 2.24) is 9.88 Å². The van der Waals surface area contributed by atoms with Crippen molar-refractivity contribution in [3.05, 3.63) is 54.2 Å². The second kappa shape index (κ2) is 6.30. The standard InChI is InChI=1S/C21H26N2O/c1-14(2)11-16-13-23-10-8-15(16)12-20(23)21(24)18-7-9-22-19-6-4-3-5-17(18)19/h3-7,9,15-16,20-21,24H,1,8,10-13H2,2H3/t15?,16?,20?,21-/m1/s1. The van der Waals surface area contributed by atoms with Gasteiger partial charge in [0.2, 0.25) is 0 Å². The van der Waals surface area contributed by atoms with E-state index in [-0.39, 0.29) is 6.04 Å². The molecule has 24 heavy (non-hydrogen) atoms. The van der Waals surface area contributed by atoms with Gasteiger partial charge in [-0.3, -0.25) is 9.88 Å². The minimum Gasteiger partial charge on any atom is -0.387 e. The Balaban J connectivity index is 1.59. The first-order valence-electron chi connectivity index (χ1n) is 9.03. The highest BCUT2D eigenvalue weighted by atomic mass is 16.3. The van der Waals surface area contributed by atoms with Gasteiger partial charge in [0.15, 0.2) is 0 Å². The average molecular weight is 322 g/mol. The molecule has 5 atom stereocenters. The maximum atomic E-state index is 11.1. The van der Waals surface area contributed by atoms with Crippen LogP contribution in [0.2, 0.25) is 0 Å². The number of aliphatic hydroxyl groups is 1. The molecule has 3 fully saturated rings. The number of hydrogen-bond acceptors (Lipinski definition) is 3. The third-order valence-electron chi connectivity index (χ3n) is 5.91. The molecule has 0 saturated carbocycles. The summed E-state index contributed by atoms with van der Waals surface area (Å²) in [5, 5.41) is 12.2. The normalized spacial score (nSPS) is 30.4. The number of benzene rings is 1. The van der Waals surface area contributed by atoms with E-state index in [9.17, 15) is 5.11 Å². The smallest absolute Gasteiger partial charge is 0.0952 e. The number of para-hydroxylation sites is 1. The van der Waals surface area contributed by atoms with Crippen molar-refractivity contribution >= 4 is 10.9 Å². The fourth-order valence-electron chi connectivity index (χ4n) is 4.77. The topological polar surface area (TPSA) is 36.4 Å². The summed E-state index contributed by atoms with van der Waals surface area (Å²) in [5.41, 5.74) is 3.27. The molecular weight excluding hydrogens is 296 g/mol. The van der Waals surface area contributed by atoms with Gasteiger partial charge in [-0.2, -0.15) is 0 Å². The Morgan fingerprint density at radius 2 is 2.21 bits per heavy atom.